The van der Waals surface area contributed by atoms with Crippen molar-refractivity contribution < 1.29 is 18.7 Å². The molecule has 2 aromatic heterocycles. The molecule has 0 aliphatic carbocycles. The number of rotatable bonds is 6. The Bertz CT molecular complexity index is 1130. The van der Waals surface area contributed by atoms with Crippen LogP contribution in [0.4, 0.5) is 16.0 Å². The molecule has 0 aliphatic rings. The van der Waals surface area contributed by atoms with Crippen LogP contribution in [0.1, 0.15) is 21.6 Å². The van der Waals surface area contributed by atoms with Gasteiger partial charge in [-0.1, -0.05) is 0 Å². The molecule has 1 aromatic carbocycles. The first-order valence-corrected chi connectivity index (χ1v) is 8.49. The van der Waals surface area contributed by atoms with Crippen molar-refractivity contribution in [1.29, 1.82) is 5.26 Å². The zero-order chi connectivity index (χ0) is 21.0. The predicted molar refractivity (Wildman–Crippen MR) is 103 cm³/mol. The Labute approximate surface area is 165 Å². The number of nitrogens with one attached hydrogen (secondary N) is 1. The largest absolute Gasteiger partial charge is 0.494 e. The molecule has 0 saturated heterocycles. The number of halogens is 1. The number of esters is 1. The minimum absolute atomic E-state index is 0.0708. The van der Waals surface area contributed by atoms with Gasteiger partial charge >= 0.3 is 5.97 Å². The summed E-state index contributed by atoms with van der Waals surface area (Å²) in [5, 5.41) is 12.5. The molecule has 0 radical (unpaired) electrons. The number of nitriles is 1. The summed E-state index contributed by atoms with van der Waals surface area (Å²) in [6.07, 6.45) is 1.56. The number of hydrogen-bond donors (Lipinski definition) is 2. The molecule has 3 aromatic rings. The minimum Gasteiger partial charge on any atom is -0.494 e. The summed E-state index contributed by atoms with van der Waals surface area (Å²) in [4.78, 5) is 24.6. The Morgan fingerprint density at radius 1 is 1.34 bits per heavy atom. The number of hydrogen-bond acceptors (Lipinski definition) is 9. The molecular weight excluding hydrogens is 379 g/mol. The highest BCUT2D eigenvalue weighted by atomic mass is 19.1. The first-order valence-electron chi connectivity index (χ1n) is 8.49. The van der Waals surface area contributed by atoms with Gasteiger partial charge in [-0.25, -0.2) is 24.1 Å². The lowest BCUT2D eigenvalue weighted by atomic mass is 10.0. The second kappa shape index (κ2) is 8.35. The summed E-state index contributed by atoms with van der Waals surface area (Å²) in [6, 6.07) is 5.89. The predicted octanol–water partition coefficient (Wildman–Crippen LogP) is 2.07. The number of carbonyl (C=O) groups excluding carboxylic acids is 1. The second-order valence-electron chi connectivity index (χ2n) is 5.89. The summed E-state index contributed by atoms with van der Waals surface area (Å²) in [5.74, 6) is -0.619. The lowest BCUT2D eigenvalue weighted by Crippen LogP contribution is -2.14. The van der Waals surface area contributed by atoms with Crippen molar-refractivity contribution in [2.75, 3.05) is 31.8 Å². The van der Waals surface area contributed by atoms with Crippen molar-refractivity contribution >= 4 is 28.5 Å². The summed E-state index contributed by atoms with van der Waals surface area (Å²) in [7, 11) is 2.63. The molecule has 148 valence electrons. The summed E-state index contributed by atoms with van der Waals surface area (Å²) in [6.45, 7) is 0.307. The molecule has 0 bridgehead atoms. The number of ether oxygens (including phenoxy) is 2. The van der Waals surface area contributed by atoms with Gasteiger partial charge in [-0.3, -0.25) is 0 Å². The standard InChI is InChI=1S/C19H17FN6O3/c1-28-16-14(5-6-23-18-12(8-21)17(22)24-9-25-18)26-13-4-3-10(20)7-11(13)15(16)19(27)29-2/h3-4,7,9H,5-6H2,1-2H3,(H3,22,23,24,25). The lowest BCUT2D eigenvalue weighted by Gasteiger charge is -2.15. The average molecular weight is 396 g/mol. The Morgan fingerprint density at radius 3 is 2.83 bits per heavy atom. The maximum Gasteiger partial charge on any atom is 0.342 e. The summed E-state index contributed by atoms with van der Waals surface area (Å²) >= 11 is 0. The van der Waals surface area contributed by atoms with Crippen LogP contribution in [0.5, 0.6) is 5.75 Å². The number of anilines is 2. The summed E-state index contributed by atoms with van der Waals surface area (Å²) in [5.41, 5.74) is 6.79. The van der Waals surface area contributed by atoms with E-state index in [1.807, 2.05) is 6.07 Å². The highest BCUT2D eigenvalue weighted by Crippen LogP contribution is 2.31. The maximum atomic E-state index is 13.7. The van der Waals surface area contributed by atoms with Gasteiger partial charge in [0.15, 0.2) is 5.75 Å². The fraction of sp³-hybridized carbons (Fsp3) is 0.211. The molecule has 0 amide bonds. The third-order valence-corrected chi connectivity index (χ3v) is 4.21. The van der Waals surface area contributed by atoms with E-state index in [0.717, 1.165) is 0 Å². The zero-order valence-corrected chi connectivity index (χ0v) is 15.7. The van der Waals surface area contributed by atoms with Crippen LogP contribution >= 0.6 is 0 Å². The number of nitrogens with two attached hydrogens (primary N) is 1. The number of pyridine rings is 1. The van der Waals surface area contributed by atoms with E-state index in [1.54, 1.807) is 0 Å². The first kappa shape index (κ1) is 19.8. The normalized spacial score (nSPS) is 10.4. The number of carbonyl (C=O) groups is 1. The number of nitrogen functional groups attached to an aromatic ring is 1. The van der Waals surface area contributed by atoms with E-state index in [-0.39, 0.29) is 28.5 Å². The fourth-order valence-electron chi connectivity index (χ4n) is 2.91. The van der Waals surface area contributed by atoms with Crippen molar-refractivity contribution in [3.05, 3.63) is 47.2 Å². The smallest absolute Gasteiger partial charge is 0.342 e. The molecule has 0 spiro atoms. The highest BCUT2D eigenvalue weighted by Gasteiger charge is 2.22. The fourth-order valence-corrected chi connectivity index (χ4v) is 2.91. The quantitative estimate of drug-likeness (QED) is 0.600. The van der Waals surface area contributed by atoms with Crippen molar-refractivity contribution in [3.63, 3.8) is 0 Å². The zero-order valence-electron chi connectivity index (χ0n) is 15.7. The Balaban J connectivity index is 1.97. The minimum atomic E-state index is -0.663. The second-order valence-corrected chi connectivity index (χ2v) is 5.89. The monoisotopic (exact) mass is 396 g/mol. The molecule has 2 heterocycles. The molecule has 0 saturated carbocycles. The topological polar surface area (TPSA) is 136 Å². The van der Waals surface area contributed by atoms with E-state index < -0.39 is 11.8 Å². The summed E-state index contributed by atoms with van der Waals surface area (Å²) < 4.78 is 24.0. The van der Waals surface area contributed by atoms with Gasteiger partial charge in [0.1, 0.15) is 41.0 Å². The van der Waals surface area contributed by atoms with E-state index in [4.69, 9.17) is 15.2 Å². The van der Waals surface area contributed by atoms with Gasteiger partial charge in [-0.2, -0.15) is 5.26 Å². The molecule has 9 nitrogen and oxygen atoms in total. The van der Waals surface area contributed by atoms with E-state index >= 15 is 0 Å². The van der Waals surface area contributed by atoms with Gasteiger partial charge in [0, 0.05) is 18.4 Å². The Kier molecular flexibility index (Phi) is 5.69. The van der Waals surface area contributed by atoms with Gasteiger partial charge < -0.3 is 20.5 Å². The number of fused-ring (bicyclic) bond motifs is 1. The third-order valence-electron chi connectivity index (χ3n) is 4.21. The van der Waals surface area contributed by atoms with Crippen LogP contribution in [-0.4, -0.2) is 41.7 Å². The van der Waals surface area contributed by atoms with E-state index in [2.05, 4.69) is 20.3 Å². The van der Waals surface area contributed by atoms with Gasteiger partial charge in [0.25, 0.3) is 0 Å². The van der Waals surface area contributed by atoms with Crippen molar-refractivity contribution in [2.45, 2.75) is 6.42 Å². The van der Waals surface area contributed by atoms with Crippen molar-refractivity contribution in [2.24, 2.45) is 0 Å². The Morgan fingerprint density at radius 2 is 2.14 bits per heavy atom. The molecule has 0 unspecified atom stereocenters. The van der Waals surface area contributed by atoms with Crippen LogP contribution in [0.3, 0.4) is 0 Å². The number of benzene rings is 1. The number of aromatic nitrogens is 3. The van der Waals surface area contributed by atoms with Crippen LogP contribution < -0.4 is 15.8 Å². The molecular formula is C19H17FN6O3. The Hall–Kier alpha value is -4.00. The SMILES string of the molecule is COC(=O)c1c(OC)c(CCNc2ncnc(N)c2C#N)nc2ccc(F)cc12. The van der Waals surface area contributed by atoms with E-state index in [1.165, 1.54) is 38.7 Å². The van der Waals surface area contributed by atoms with Gasteiger partial charge in [-0.15, -0.1) is 0 Å². The molecule has 0 aliphatic heterocycles. The van der Waals surface area contributed by atoms with Crippen LogP contribution in [0.25, 0.3) is 10.9 Å². The third kappa shape index (κ3) is 3.84. The van der Waals surface area contributed by atoms with Crippen LogP contribution in [0.15, 0.2) is 24.5 Å². The highest BCUT2D eigenvalue weighted by molar-refractivity contribution is 6.06. The van der Waals surface area contributed by atoms with Gasteiger partial charge in [-0.05, 0) is 18.2 Å². The molecule has 3 rings (SSSR count). The van der Waals surface area contributed by atoms with Gasteiger partial charge in [0.05, 0.1) is 25.4 Å². The number of nitrogens with zero attached hydrogens (tertiary/aromatic N) is 4. The van der Waals surface area contributed by atoms with Crippen LogP contribution in [0, 0.1) is 17.1 Å². The maximum absolute atomic E-state index is 13.7. The molecule has 10 heteroatoms. The first-order chi connectivity index (χ1) is 14.0. The van der Waals surface area contributed by atoms with E-state index in [9.17, 15) is 14.4 Å². The van der Waals surface area contributed by atoms with Crippen molar-refractivity contribution in [3.8, 4) is 11.8 Å². The molecule has 3 N–H and O–H groups in total. The lowest BCUT2D eigenvalue weighted by molar-refractivity contribution is 0.0599. The molecule has 0 fully saturated rings. The molecule has 0 atom stereocenters. The van der Waals surface area contributed by atoms with Crippen LogP contribution in [0.2, 0.25) is 0 Å². The van der Waals surface area contributed by atoms with Crippen LogP contribution in [-0.2, 0) is 11.2 Å². The van der Waals surface area contributed by atoms with Crippen molar-refractivity contribution in [1.82, 2.24) is 15.0 Å². The van der Waals surface area contributed by atoms with E-state index in [0.29, 0.717) is 29.6 Å². The van der Waals surface area contributed by atoms with Gasteiger partial charge in [0.2, 0.25) is 0 Å². The molecule has 29 heavy (non-hydrogen) atoms. The number of methoxy groups -OCH3 is 2. The average Bonchev–Trinajstić information content (AvgIpc) is 2.72.